The summed E-state index contributed by atoms with van der Waals surface area (Å²) in [6.07, 6.45) is 1.35. The summed E-state index contributed by atoms with van der Waals surface area (Å²) in [6.45, 7) is 1.95. The lowest BCUT2D eigenvalue weighted by Crippen LogP contribution is -1.96. The maximum absolute atomic E-state index is 14.1. The van der Waals surface area contributed by atoms with Gasteiger partial charge in [0, 0.05) is 9.35 Å². The lowest BCUT2D eigenvalue weighted by Gasteiger charge is -2.07. The Labute approximate surface area is 128 Å². The predicted molar refractivity (Wildman–Crippen MR) is 80.5 cm³/mol. The van der Waals surface area contributed by atoms with E-state index in [0.717, 1.165) is 17.8 Å². The minimum absolute atomic E-state index is 0.116. The highest BCUT2D eigenvalue weighted by Gasteiger charge is 2.22. The molecule has 104 valence electrons. The highest BCUT2D eigenvalue weighted by Crippen LogP contribution is 2.41. The number of nitrogens with two attached hydrogens (primary N) is 1. The van der Waals surface area contributed by atoms with Crippen LogP contribution in [0.1, 0.15) is 23.8 Å². The summed E-state index contributed by atoms with van der Waals surface area (Å²) in [5.41, 5.74) is 6.76. The molecule has 0 spiro atoms. The summed E-state index contributed by atoms with van der Waals surface area (Å²) in [5.74, 6) is -1.33. The summed E-state index contributed by atoms with van der Waals surface area (Å²) in [7, 11) is 0. The highest BCUT2D eigenvalue weighted by molar-refractivity contribution is 9.10. The quantitative estimate of drug-likeness (QED) is 0.853. The number of benzene rings is 1. The second-order valence-electron chi connectivity index (χ2n) is 4.26. The molecular formula is C14H11BrF2N2S. The molecule has 0 unspecified atom stereocenters. The first-order valence-electron chi connectivity index (χ1n) is 5.95. The average Bonchev–Trinajstić information content (AvgIpc) is 2.67. The molecule has 0 aliphatic heterocycles. The number of halogens is 3. The minimum Gasteiger partial charge on any atom is -0.397 e. The maximum atomic E-state index is 14.1. The lowest BCUT2D eigenvalue weighted by molar-refractivity contribution is 0.588. The van der Waals surface area contributed by atoms with Crippen molar-refractivity contribution in [2.75, 3.05) is 5.73 Å². The van der Waals surface area contributed by atoms with Crippen LogP contribution in [0.15, 0.2) is 16.6 Å². The third kappa shape index (κ3) is 2.56. The van der Waals surface area contributed by atoms with E-state index in [1.807, 2.05) is 13.0 Å². The fourth-order valence-electron chi connectivity index (χ4n) is 2.02. The van der Waals surface area contributed by atoms with Crippen LogP contribution in [0.4, 0.5) is 14.5 Å². The number of hydrogen-bond donors (Lipinski definition) is 1. The summed E-state index contributed by atoms with van der Waals surface area (Å²) >= 11 is 4.08. The molecule has 2 rings (SSSR count). The van der Waals surface area contributed by atoms with Crippen molar-refractivity contribution in [2.45, 2.75) is 19.8 Å². The van der Waals surface area contributed by atoms with Gasteiger partial charge < -0.3 is 5.73 Å². The molecular weight excluding hydrogens is 346 g/mol. The SMILES string of the molecule is CCCc1c(-c2c(F)cc(Br)cc2F)sc(C#N)c1N. The van der Waals surface area contributed by atoms with E-state index in [9.17, 15) is 8.78 Å². The molecule has 20 heavy (non-hydrogen) atoms. The molecule has 2 nitrogen and oxygen atoms in total. The first kappa shape index (κ1) is 14.9. The maximum Gasteiger partial charge on any atom is 0.135 e. The Morgan fingerprint density at radius 3 is 2.45 bits per heavy atom. The third-order valence-electron chi connectivity index (χ3n) is 2.88. The van der Waals surface area contributed by atoms with Crippen LogP contribution in [0.25, 0.3) is 10.4 Å². The van der Waals surface area contributed by atoms with Gasteiger partial charge in [-0.05, 0) is 24.1 Å². The van der Waals surface area contributed by atoms with E-state index in [-0.39, 0.29) is 5.56 Å². The van der Waals surface area contributed by atoms with Crippen molar-refractivity contribution < 1.29 is 8.78 Å². The van der Waals surface area contributed by atoms with E-state index in [4.69, 9.17) is 11.0 Å². The molecule has 2 aromatic rings. The van der Waals surface area contributed by atoms with Crippen LogP contribution in [-0.2, 0) is 6.42 Å². The molecule has 1 aromatic heterocycles. The molecule has 0 aliphatic rings. The molecule has 0 saturated heterocycles. The molecule has 1 heterocycles. The molecule has 0 aliphatic carbocycles. The lowest BCUT2D eigenvalue weighted by atomic mass is 10.0. The smallest absolute Gasteiger partial charge is 0.135 e. The van der Waals surface area contributed by atoms with E-state index >= 15 is 0 Å². The van der Waals surface area contributed by atoms with Crippen molar-refractivity contribution in [3.63, 3.8) is 0 Å². The second kappa shape index (κ2) is 5.90. The Morgan fingerprint density at radius 2 is 1.95 bits per heavy atom. The molecule has 2 N–H and O–H groups in total. The van der Waals surface area contributed by atoms with Crippen molar-refractivity contribution in [2.24, 2.45) is 0 Å². The van der Waals surface area contributed by atoms with Crippen molar-refractivity contribution in [1.82, 2.24) is 0 Å². The number of nitriles is 1. The molecule has 6 heteroatoms. The number of thiophene rings is 1. The van der Waals surface area contributed by atoms with Gasteiger partial charge in [-0.3, -0.25) is 0 Å². The fraction of sp³-hybridized carbons (Fsp3) is 0.214. The largest absolute Gasteiger partial charge is 0.397 e. The molecule has 0 atom stereocenters. The minimum atomic E-state index is -0.667. The Kier molecular flexibility index (Phi) is 4.41. The standard InChI is InChI=1S/C14H11BrF2N2S/c1-2-3-8-13(19)11(6-18)20-14(8)12-9(16)4-7(15)5-10(12)17/h4-5H,2-3,19H2,1H3. The Bertz CT molecular complexity index is 681. The van der Waals surface area contributed by atoms with Gasteiger partial charge in [0.05, 0.1) is 11.3 Å². The van der Waals surface area contributed by atoms with E-state index in [1.165, 1.54) is 12.1 Å². The number of hydrogen-bond acceptors (Lipinski definition) is 3. The van der Waals surface area contributed by atoms with Crippen molar-refractivity contribution in [1.29, 1.82) is 5.26 Å². The monoisotopic (exact) mass is 356 g/mol. The molecule has 0 saturated carbocycles. The van der Waals surface area contributed by atoms with Gasteiger partial charge in [-0.1, -0.05) is 29.3 Å². The third-order valence-corrected chi connectivity index (χ3v) is 4.51. The van der Waals surface area contributed by atoms with Crippen LogP contribution in [0, 0.1) is 23.0 Å². The van der Waals surface area contributed by atoms with Gasteiger partial charge >= 0.3 is 0 Å². The van der Waals surface area contributed by atoms with Crippen molar-refractivity contribution in [3.05, 3.63) is 38.7 Å². The van der Waals surface area contributed by atoms with E-state index in [2.05, 4.69) is 15.9 Å². The number of nitrogens with zero attached hydrogens (tertiary/aromatic N) is 1. The van der Waals surface area contributed by atoms with Gasteiger partial charge in [-0.15, -0.1) is 11.3 Å². The van der Waals surface area contributed by atoms with Gasteiger partial charge in [-0.25, -0.2) is 8.78 Å². The fourth-order valence-corrected chi connectivity index (χ4v) is 3.54. The highest BCUT2D eigenvalue weighted by atomic mass is 79.9. The summed E-state index contributed by atoms with van der Waals surface area (Å²) in [5, 5.41) is 9.04. The molecule has 0 fully saturated rings. The zero-order valence-electron chi connectivity index (χ0n) is 10.6. The van der Waals surface area contributed by atoms with E-state index in [0.29, 0.717) is 31.9 Å². The van der Waals surface area contributed by atoms with Crippen molar-refractivity contribution >= 4 is 33.0 Å². The molecule has 0 amide bonds. The average molecular weight is 357 g/mol. The number of anilines is 1. The number of nitrogen functional groups attached to an aromatic ring is 1. The van der Waals surface area contributed by atoms with Gasteiger partial charge in [0.15, 0.2) is 0 Å². The normalized spacial score (nSPS) is 10.6. The summed E-state index contributed by atoms with van der Waals surface area (Å²) < 4.78 is 28.5. The van der Waals surface area contributed by atoms with Crippen LogP contribution in [0.3, 0.4) is 0 Å². The Hall–Kier alpha value is -1.45. The first-order valence-corrected chi connectivity index (χ1v) is 7.56. The van der Waals surface area contributed by atoms with Gasteiger partial charge in [-0.2, -0.15) is 5.26 Å². The summed E-state index contributed by atoms with van der Waals surface area (Å²) in [4.78, 5) is 0.702. The molecule has 1 aromatic carbocycles. The van der Waals surface area contributed by atoms with Gasteiger partial charge in [0.25, 0.3) is 0 Å². The molecule has 0 radical (unpaired) electrons. The van der Waals surface area contributed by atoms with Crippen LogP contribution < -0.4 is 5.73 Å². The van der Waals surface area contributed by atoms with Crippen molar-refractivity contribution in [3.8, 4) is 16.5 Å². The van der Waals surface area contributed by atoms with Crippen LogP contribution >= 0.6 is 27.3 Å². The second-order valence-corrected chi connectivity index (χ2v) is 6.20. The zero-order chi connectivity index (χ0) is 14.9. The summed E-state index contributed by atoms with van der Waals surface area (Å²) in [6, 6.07) is 4.38. The topological polar surface area (TPSA) is 49.8 Å². The van der Waals surface area contributed by atoms with Gasteiger partial charge in [0.2, 0.25) is 0 Å². The van der Waals surface area contributed by atoms with Crippen LogP contribution in [0.5, 0.6) is 0 Å². The Morgan fingerprint density at radius 1 is 1.35 bits per heavy atom. The van der Waals surface area contributed by atoms with E-state index < -0.39 is 11.6 Å². The first-order chi connectivity index (χ1) is 9.49. The predicted octanol–water partition coefficient (Wildman–Crippen LogP) is 4.86. The van der Waals surface area contributed by atoms with E-state index in [1.54, 1.807) is 0 Å². The zero-order valence-corrected chi connectivity index (χ0v) is 13.0. The number of rotatable bonds is 3. The van der Waals surface area contributed by atoms with Crippen LogP contribution in [-0.4, -0.2) is 0 Å². The molecule has 0 bridgehead atoms. The Balaban J connectivity index is 2.73. The van der Waals surface area contributed by atoms with Gasteiger partial charge in [0.1, 0.15) is 22.6 Å². The van der Waals surface area contributed by atoms with Crippen LogP contribution in [0.2, 0.25) is 0 Å².